The van der Waals surface area contributed by atoms with Crippen LogP contribution >= 0.6 is 0 Å². The summed E-state index contributed by atoms with van der Waals surface area (Å²) in [6, 6.07) is 10.4. The van der Waals surface area contributed by atoms with E-state index in [0.717, 1.165) is 37.3 Å². The monoisotopic (exact) mass is 569 g/mol. The van der Waals surface area contributed by atoms with E-state index < -0.39 is 35.0 Å². The maximum Gasteiger partial charge on any atom is 0.416 e. The first-order valence-electron chi connectivity index (χ1n) is 13.9. The van der Waals surface area contributed by atoms with E-state index >= 15 is 0 Å². The maximum absolute atomic E-state index is 14.6. The molecule has 2 aromatic carbocycles. The van der Waals surface area contributed by atoms with Crippen molar-refractivity contribution in [1.29, 1.82) is 0 Å². The zero-order valence-corrected chi connectivity index (χ0v) is 23.4. The number of rotatable bonds is 8. The number of carbonyl (C=O) groups is 1. The van der Waals surface area contributed by atoms with E-state index in [1.807, 2.05) is 0 Å². The highest BCUT2D eigenvalue weighted by Gasteiger charge is 2.41. The van der Waals surface area contributed by atoms with E-state index in [0.29, 0.717) is 47.9 Å². The Bertz CT molecular complexity index is 1520. The number of ether oxygens (including phenoxy) is 2. The van der Waals surface area contributed by atoms with Crippen molar-refractivity contribution in [3.05, 3.63) is 75.7 Å². The molecule has 0 saturated heterocycles. The van der Waals surface area contributed by atoms with Gasteiger partial charge in [0.25, 0.3) is 5.56 Å². The van der Waals surface area contributed by atoms with Crippen LogP contribution in [0.15, 0.2) is 53.5 Å². The Morgan fingerprint density at radius 3 is 2.49 bits per heavy atom. The molecular formula is C32H34F3NO5. The van der Waals surface area contributed by atoms with Crippen LogP contribution in [0.5, 0.6) is 5.75 Å². The molecule has 1 unspecified atom stereocenters. The minimum atomic E-state index is -4.85. The highest BCUT2D eigenvalue weighted by Crippen LogP contribution is 2.47. The highest BCUT2D eigenvalue weighted by atomic mass is 19.4. The van der Waals surface area contributed by atoms with Crippen molar-refractivity contribution in [2.45, 2.75) is 77.3 Å². The molecule has 3 aromatic rings. The standard InChI is InChI=1S/C32H34F3NO5/c1-31(2,3)41-29(30(38)39)28-24(32(33,34)35)11-10-23(22-9-13-26(37)36(18-22)15-14-19-6-7-19)27(28)21-8-12-25-20(17-21)5-4-16-40-25/h8-13,17-19,29H,4-7,14-16H2,1-3H3,(H,38,39). The number of aliphatic carboxylic acids is 1. The molecule has 0 bridgehead atoms. The number of aryl methyl sites for hydroxylation is 2. The van der Waals surface area contributed by atoms with E-state index in [1.54, 1.807) is 55.8 Å². The molecule has 9 heteroatoms. The lowest BCUT2D eigenvalue weighted by Crippen LogP contribution is -2.29. The third-order valence-electron chi connectivity index (χ3n) is 7.48. The van der Waals surface area contributed by atoms with Crippen molar-refractivity contribution >= 4 is 5.97 Å². The third kappa shape index (κ3) is 6.50. The van der Waals surface area contributed by atoms with Gasteiger partial charge in [0.2, 0.25) is 0 Å². The van der Waals surface area contributed by atoms with Crippen LogP contribution in [0.3, 0.4) is 0 Å². The molecule has 1 aromatic heterocycles. The number of fused-ring (bicyclic) bond motifs is 1. The summed E-state index contributed by atoms with van der Waals surface area (Å²) >= 11 is 0. The van der Waals surface area contributed by atoms with Crippen LogP contribution in [0.4, 0.5) is 13.2 Å². The number of hydrogen-bond acceptors (Lipinski definition) is 4. The number of carboxylic acids is 1. The average Bonchev–Trinajstić information content (AvgIpc) is 3.74. The predicted molar refractivity (Wildman–Crippen MR) is 149 cm³/mol. The van der Waals surface area contributed by atoms with Crippen molar-refractivity contribution < 1.29 is 32.5 Å². The lowest BCUT2D eigenvalue weighted by atomic mass is 9.84. The van der Waals surface area contributed by atoms with Crippen LogP contribution in [-0.4, -0.2) is 27.9 Å². The zero-order valence-electron chi connectivity index (χ0n) is 23.4. The molecule has 6 nitrogen and oxygen atoms in total. The fraction of sp³-hybridized carbons (Fsp3) is 0.438. The van der Waals surface area contributed by atoms with Gasteiger partial charge in [-0.05, 0) is 98.0 Å². The quantitative estimate of drug-likeness (QED) is 0.309. The third-order valence-corrected chi connectivity index (χ3v) is 7.48. The van der Waals surface area contributed by atoms with Gasteiger partial charge in [-0.25, -0.2) is 4.79 Å². The molecule has 2 heterocycles. The van der Waals surface area contributed by atoms with Gasteiger partial charge in [0.05, 0.1) is 17.8 Å². The van der Waals surface area contributed by atoms with E-state index in [1.165, 1.54) is 12.1 Å². The summed E-state index contributed by atoms with van der Waals surface area (Å²) in [6.07, 6.45) is -0.551. The largest absolute Gasteiger partial charge is 0.493 e. The molecule has 41 heavy (non-hydrogen) atoms. The minimum Gasteiger partial charge on any atom is -0.493 e. The Morgan fingerprint density at radius 1 is 1.10 bits per heavy atom. The van der Waals surface area contributed by atoms with Crippen LogP contribution < -0.4 is 10.3 Å². The van der Waals surface area contributed by atoms with Gasteiger partial charge >= 0.3 is 12.1 Å². The maximum atomic E-state index is 14.6. The first-order valence-corrected chi connectivity index (χ1v) is 13.9. The van der Waals surface area contributed by atoms with Gasteiger partial charge in [-0.15, -0.1) is 0 Å². The van der Waals surface area contributed by atoms with Crippen LogP contribution in [0.1, 0.15) is 69.2 Å². The summed E-state index contributed by atoms with van der Waals surface area (Å²) in [5.74, 6) is -0.286. The molecule has 0 amide bonds. The second-order valence-corrected chi connectivity index (χ2v) is 11.9. The van der Waals surface area contributed by atoms with Gasteiger partial charge < -0.3 is 19.1 Å². The Morgan fingerprint density at radius 2 is 1.83 bits per heavy atom. The summed E-state index contributed by atoms with van der Waals surface area (Å²) in [7, 11) is 0. The van der Waals surface area contributed by atoms with Gasteiger partial charge in [0.1, 0.15) is 5.75 Å². The summed E-state index contributed by atoms with van der Waals surface area (Å²) in [5.41, 5.74) is -0.544. The molecule has 1 atom stereocenters. The SMILES string of the molecule is CC(C)(C)OC(C(=O)O)c1c(C(F)(F)F)ccc(-c2ccc(=O)n(CCC3CC3)c2)c1-c1ccc2c(c1)CCCO2. The average molecular weight is 570 g/mol. The van der Waals surface area contributed by atoms with Crippen molar-refractivity contribution in [3.8, 4) is 28.0 Å². The van der Waals surface area contributed by atoms with Gasteiger partial charge in [0.15, 0.2) is 6.10 Å². The van der Waals surface area contributed by atoms with Crippen molar-refractivity contribution in [2.24, 2.45) is 5.92 Å². The molecule has 218 valence electrons. The topological polar surface area (TPSA) is 77.8 Å². The van der Waals surface area contributed by atoms with Crippen molar-refractivity contribution in [1.82, 2.24) is 4.57 Å². The highest BCUT2D eigenvalue weighted by molar-refractivity contribution is 5.90. The Balaban J connectivity index is 1.80. The van der Waals surface area contributed by atoms with Crippen LogP contribution in [0.25, 0.3) is 22.3 Å². The molecule has 2 aliphatic rings. The Labute approximate surface area is 236 Å². The lowest BCUT2D eigenvalue weighted by molar-refractivity contribution is -0.163. The van der Waals surface area contributed by atoms with Gasteiger partial charge in [-0.3, -0.25) is 4.79 Å². The number of halogens is 3. The summed E-state index contributed by atoms with van der Waals surface area (Å²) in [5, 5.41) is 10.3. The molecule has 0 radical (unpaired) electrons. The van der Waals surface area contributed by atoms with Crippen molar-refractivity contribution in [2.75, 3.05) is 6.61 Å². The van der Waals surface area contributed by atoms with Crippen molar-refractivity contribution in [3.63, 3.8) is 0 Å². The van der Waals surface area contributed by atoms with Crippen LogP contribution in [0, 0.1) is 5.92 Å². The summed E-state index contributed by atoms with van der Waals surface area (Å²) in [4.78, 5) is 25.3. The first kappa shape index (κ1) is 28.9. The molecule has 0 spiro atoms. The van der Waals surface area contributed by atoms with E-state index in [-0.39, 0.29) is 11.1 Å². The first-order chi connectivity index (χ1) is 19.3. The predicted octanol–water partition coefficient (Wildman–Crippen LogP) is 7.27. The molecule has 1 aliphatic heterocycles. The van der Waals surface area contributed by atoms with Gasteiger partial charge in [-0.2, -0.15) is 13.2 Å². The minimum absolute atomic E-state index is 0.109. The van der Waals surface area contributed by atoms with Gasteiger partial charge in [-0.1, -0.05) is 25.0 Å². The second kappa shape index (κ2) is 11.0. The normalized spacial score (nSPS) is 16.1. The van der Waals surface area contributed by atoms with E-state index in [4.69, 9.17) is 9.47 Å². The summed E-state index contributed by atoms with van der Waals surface area (Å²) < 4.78 is 56.9. The number of pyridine rings is 1. The molecular weight excluding hydrogens is 535 g/mol. The number of nitrogens with zero attached hydrogens (tertiary/aromatic N) is 1. The lowest BCUT2D eigenvalue weighted by Gasteiger charge is -2.30. The second-order valence-electron chi connectivity index (χ2n) is 11.9. The Hall–Kier alpha value is -3.59. The molecule has 1 fully saturated rings. The molecule has 1 aliphatic carbocycles. The smallest absolute Gasteiger partial charge is 0.416 e. The fourth-order valence-corrected chi connectivity index (χ4v) is 5.39. The van der Waals surface area contributed by atoms with Crippen LogP contribution in [0.2, 0.25) is 0 Å². The fourth-order valence-electron chi connectivity index (χ4n) is 5.39. The number of carboxylic acid groups (broad SMARTS) is 1. The molecule has 1 saturated carbocycles. The van der Waals surface area contributed by atoms with Gasteiger partial charge in [0, 0.05) is 24.4 Å². The molecule has 1 N–H and O–H groups in total. The van der Waals surface area contributed by atoms with E-state index in [9.17, 15) is 27.9 Å². The van der Waals surface area contributed by atoms with Crippen LogP contribution in [-0.2, 0) is 28.7 Å². The Kier molecular flexibility index (Phi) is 7.76. The summed E-state index contributed by atoms with van der Waals surface area (Å²) in [6.45, 7) is 5.86. The van der Waals surface area contributed by atoms with E-state index in [2.05, 4.69) is 0 Å². The number of aromatic nitrogens is 1. The number of hydrogen-bond donors (Lipinski definition) is 1. The zero-order chi connectivity index (χ0) is 29.5. The number of benzene rings is 2. The molecule has 5 rings (SSSR count). The number of alkyl halides is 3.